The normalized spacial score (nSPS) is 11.0. The molecule has 130 valence electrons. The summed E-state index contributed by atoms with van der Waals surface area (Å²) < 4.78 is 3.00. The lowest BCUT2D eigenvalue weighted by Crippen LogP contribution is -2.27. The molecule has 0 radical (unpaired) electrons. The molecule has 26 heavy (non-hydrogen) atoms. The minimum Gasteiger partial charge on any atom is -0.334 e. The van der Waals surface area contributed by atoms with Gasteiger partial charge in [0, 0.05) is 26.0 Å². The van der Waals surface area contributed by atoms with Crippen molar-refractivity contribution in [2.24, 2.45) is 0 Å². The molecule has 2 aromatic carbocycles. The zero-order valence-electron chi connectivity index (χ0n) is 14.4. The Morgan fingerprint density at radius 3 is 2.81 bits per heavy atom. The Hall–Kier alpha value is -2.99. The number of fused-ring (bicyclic) bond motifs is 1. The smallest absolute Gasteiger partial charge is 0.255 e. The summed E-state index contributed by atoms with van der Waals surface area (Å²) in [5.74, 6) is 0.843. The van der Waals surface area contributed by atoms with Gasteiger partial charge >= 0.3 is 0 Å². The summed E-state index contributed by atoms with van der Waals surface area (Å²) in [6, 6.07) is 15.9. The lowest BCUT2D eigenvalue weighted by molar-refractivity contribution is 0.0782. The van der Waals surface area contributed by atoms with Crippen molar-refractivity contribution in [3.05, 3.63) is 83.4 Å². The van der Waals surface area contributed by atoms with Crippen molar-refractivity contribution in [2.45, 2.75) is 13.1 Å². The third-order valence-corrected chi connectivity index (χ3v) is 5.19. The lowest BCUT2D eigenvalue weighted by Gasteiger charge is -2.18. The highest BCUT2D eigenvalue weighted by molar-refractivity contribution is 7.17. The van der Waals surface area contributed by atoms with E-state index in [-0.39, 0.29) is 5.91 Å². The van der Waals surface area contributed by atoms with Crippen LogP contribution in [0.25, 0.3) is 10.2 Å². The van der Waals surface area contributed by atoms with Gasteiger partial charge in [-0.2, -0.15) is 0 Å². The second-order valence-electron chi connectivity index (χ2n) is 6.12. The first-order chi connectivity index (χ1) is 12.7. The van der Waals surface area contributed by atoms with E-state index in [9.17, 15) is 4.79 Å². The van der Waals surface area contributed by atoms with Gasteiger partial charge in [0.15, 0.2) is 0 Å². The van der Waals surface area contributed by atoms with Crippen LogP contribution >= 0.6 is 11.3 Å². The molecule has 1 amide bonds. The van der Waals surface area contributed by atoms with Gasteiger partial charge in [0.25, 0.3) is 5.91 Å². The molecule has 0 aliphatic rings. The number of carbonyl (C=O) groups excluding carboxylic acids is 1. The molecular weight excluding hydrogens is 344 g/mol. The predicted octanol–water partition coefficient (Wildman–Crippen LogP) is 3.81. The number of hydrogen-bond acceptors (Lipinski definition) is 4. The van der Waals surface area contributed by atoms with Crippen molar-refractivity contribution in [3.8, 4) is 0 Å². The number of nitrogens with zero attached hydrogens (tertiary/aromatic N) is 4. The van der Waals surface area contributed by atoms with E-state index in [1.165, 1.54) is 16.9 Å². The van der Waals surface area contributed by atoms with Crippen molar-refractivity contribution in [3.63, 3.8) is 0 Å². The summed E-state index contributed by atoms with van der Waals surface area (Å²) in [7, 11) is 1.81. The molecule has 0 spiro atoms. The van der Waals surface area contributed by atoms with Crippen molar-refractivity contribution in [1.82, 2.24) is 19.4 Å². The number of aromatic nitrogens is 3. The largest absolute Gasteiger partial charge is 0.334 e. The molecule has 2 aromatic heterocycles. The van der Waals surface area contributed by atoms with Crippen LogP contribution in [-0.4, -0.2) is 32.4 Å². The monoisotopic (exact) mass is 362 g/mol. The Morgan fingerprint density at radius 1 is 1.12 bits per heavy atom. The first-order valence-electron chi connectivity index (χ1n) is 8.34. The van der Waals surface area contributed by atoms with E-state index in [4.69, 9.17) is 0 Å². The third-order valence-electron chi connectivity index (χ3n) is 4.31. The number of imidazole rings is 1. The Morgan fingerprint density at radius 2 is 1.96 bits per heavy atom. The summed E-state index contributed by atoms with van der Waals surface area (Å²) in [6.45, 7) is 1.19. The molecule has 4 aromatic rings. The fraction of sp³-hybridized carbons (Fsp3) is 0.150. The average Bonchev–Trinajstić information content (AvgIpc) is 3.31. The Balaban J connectivity index is 1.54. The molecule has 4 rings (SSSR count). The van der Waals surface area contributed by atoms with Crippen molar-refractivity contribution in [2.75, 3.05) is 7.05 Å². The molecule has 0 atom stereocenters. The number of carbonyl (C=O) groups is 1. The standard InChI is InChI=1S/C20H18N4OS/c1-23(20(25)16-8-5-9-17-19(16)26-14-22-17)13-18-21-10-11-24(18)12-15-6-3-2-4-7-15/h2-11,14H,12-13H2,1H3. The number of hydrogen-bond donors (Lipinski definition) is 0. The van der Waals surface area contributed by atoms with E-state index >= 15 is 0 Å². The fourth-order valence-electron chi connectivity index (χ4n) is 2.96. The molecule has 0 unspecified atom stereocenters. The lowest BCUT2D eigenvalue weighted by atomic mass is 10.2. The maximum Gasteiger partial charge on any atom is 0.255 e. The van der Waals surface area contributed by atoms with Gasteiger partial charge in [-0.1, -0.05) is 36.4 Å². The quantitative estimate of drug-likeness (QED) is 0.542. The van der Waals surface area contributed by atoms with E-state index in [1.807, 2.05) is 49.6 Å². The first kappa shape index (κ1) is 16.5. The van der Waals surface area contributed by atoms with Gasteiger partial charge in [0.1, 0.15) is 5.82 Å². The summed E-state index contributed by atoms with van der Waals surface area (Å²) >= 11 is 1.49. The van der Waals surface area contributed by atoms with Crippen LogP contribution in [0.3, 0.4) is 0 Å². The average molecular weight is 362 g/mol. The van der Waals surface area contributed by atoms with Crippen LogP contribution in [0.1, 0.15) is 21.7 Å². The minimum absolute atomic E-state index is 0.0193. The van der Waals surface area contributed by atoms with Crippen LogP contribution in [0.5, 0.6) is 0 Å². The topological polar surface area (TPSA) is 51.0 Å². The van der Waals surface area contributed by atoms with Gasteiger partial charge in [-0.25, -0.2) is 9.97 Å². The van der Waals surface area contributed by atoms with Crippen molar-refractivity contribution < 1.29 is 4.79 Å². The van der Waals surface area contributed by atoms with Crippen molar-refractivity contribution in [1.29, 1.82) is 0 Å². The molecule has 6 heteroatoms. The number of thiazole rings is 1. The summed E-state index contributed by atoms with van der Waals surface area (Å²) in [4.78, 5) is 23.4. The highest BCUT2D eigenvalue weighted by atomic mass is 32.1. The van der Waals surface area contributed by atoms with Crippen LogP contribution in [-0.2, 0) is 13.1 Å². The van der Waals surface area contributed by atoms with Gasteiger partial charge in [-0.05, 0) is 17.7 Å². The van der Waals surface area contributed by atoms with Crippen LogP contribution < -0.4 is 0 Å². The Labute approximate surface area is 155 Å². The van der Waals surface area contributed by atoms with E-state index in [2.05, 4.69) is 26.7 Å². The highest BCUT2D eigenvalue weighted by Crippen LogP contribution is 2.23. The van der Waals surface area contributed by atoms with E-state index in [0.717, 1.165) is 22.6 Å². The first-order valence-corrected chi connectivity index (χ1v) is 9.22. The molecule has 0 bridgehead atoms. The molecule has 0 aliphatic carbocycles. The second-order valence-corrected chi connectivity index (χ2v) is 6.98. The molecule has 5 nitrogen and oxygen atoms in total. The highest BCUT2D eigenvalue weighted by Gasteiger charge is 2.18. The van der Waals surface area contributed by atoms with Crippen molar-refractivity contribution >= 4 is 27.5 Å². The van der Waals surface area contributed by atoms with E-state index < -0.39 is 0 Å². The molecule has 0 fully saturated rings. The van der Waals surface area contributed by atoms with Crippen LogP contribution in [0.2, 0.25) is 0 Å². The zero-order chi connectivity index (χ0) is 17.9. The SMILES string of the molecule is CN(Cc1nccn1Cc1ccccc1)C(=O)c1cccc2ncsc12. The second kappa shape index (κ2) is 7.09. The fourth-order valence-corrected chi connectivity index (χ4v) is 3.76. The summed E-state index contributed by atoms with van der Waals surface area (Å²) in [5, 5.41) is 0. The molecule has 0 N–H and O–H groups in total. The summed E-state index contributed by atoms with van der Waals surface area (Å²) in [5.41, 5.74) is 4.53. The van der Waals surface area contributed by atoms with Gasteiger partial charge in [-0.15, -0.1) is 11.3 Å². The number of amides is 1. The molecular formula is C20H18N4OS. The predicted molar refractivity (Wildman–Crippen MR) is 103 cm³/mol. The van der Waals surface area contributed by atoms with Crippen LogP contribution in [0.15, 0.2) is 66.4 Å². The Bertz CT molecular complexity index is 1040. The molecule has 0 aliphatic heterocycles. The minimum atomic E-state index is -0.0193. The van der Waals surface area contributed by atoms with Gasteiger partial charge < -0.3 is 9.47 Å². The van der Waals surface area contributed by atoms with Gasteiger partial charge in [-0.3, -0.25) is 4.79 Å². The Kier molecular flexibility index (Phi) is 4.50. The summed E-state index contributed by atoms with van der Waals surface area (Å²) in [6.07, 6.45) is 3.73. The van der Waals surface area contributed by atoms with Crippen LogP contribution in [0.4, 0.5) is 0 Å². The number of rotatable bonds is 5. The molecule has 0 saturated heterocycles. The van der Waals surface area contributed by atoms with Gasteiger partial charge in [0.2, 0.25) is 0 Å². The van der Waals surface area contributed by atoms with Crippen LogP contribution in [0, 0.1) is 0 Å². The molecule has 2 heterocycles. The van der Waals surface area contributed by atoms with E-state index in [1.54, 1.807) is 16.6 Å². The van der Waals surface area contributed by atoms with E-state index in [0.29, 0.717) is 12.1 Å². The number of benzene rings is 2. The molecule has 0 saturated carbocycles. The third kappa shape index (κ3) is 3.23. The van der Waals surface area contributed by atoms with Gasteiger partial charge in [0.05, 0.1) is 27.8 Å². The maximum atomic E-state index is 12.9. The zero-order valence-corrected chi connectivity index (χ0v) is 15.2. The maximum absolute atomic E-state index is 12.9.